The fraction of sp³-hybridized carbons (Fsp3) is 0.188. The lowest BCUT2D eigenvalue weighted by atomic mass is 10.1. The Morgan fingerprint density at radius 1 is 1.21 bits per heavy atom. The van der Waals surface area contributed by atoms with Crippen LogP contribution in [0.5, 0.6) is 11.5 Å². The molecule has 1 heterocycles. The highest BCUT2D eigenvalue weighted by molar-refractivity contribution is 5.98. The first-order chi connectivity index (χ1) is 11.5. The number of fused-ring (bicyclic) bond motifs is 1. The smallest absolute Gasteiger partial charge is 0.344 e. The van der Waals surface area contributed by atoms with Gasteiger partial charge < -0.3 is 19.5 Å². The number of nitrogens with zero attached hydrogens (tertiary/aromatic N) is 1. The Bertz CT molecular complexity index is 820. The van der Waals surface area contributed by atoms with Gasteiger partial charge in [-0.2, -0.15) is 0 Å². The van der Waals surface area contributed by atoms with Crippen LogP contribution in [0.4, 0.5) is 11.4 Å². The summed E-state index contributed by atoms with van der Waals surface area (Å²) in [4.78, 5) is 22.5. The van der Waals surface area contributed by atoms with Gasteiger partial charge in [0.15, 0.2) is 11.5 Å². The molecule has 1 N–H and O–H groups in total. The summed E-state index contributed by atoms with van der Waals surface area (Å²) in [6.07, 6.45) is -0.769. The maximum Gasteiger partial charge on any atom is 0.344 e. The molecule has 0 aromatic heterocycles. The second-order valence-electron chi connectivity index (χ2n) is 5.00. The molecule has 24 heavy (non-hydrogen) atoms. The van der Waals surface area contributed by atoms with Crippen molar-refractivity contribution in [3.63, 3.8) is 0 Å². The second kappa shape index (κ2) is 6.07. The van der Waals surface area contributed by atoms with Crippen molar-refractivity contribution >= 4 is 17.3 Å². The van der Waals surface area contributed by atoms with Gasteiger partial charge in [-0.15, -0.1) is 0 Å². The highest BCUT2D eigenvalue weighted by Gasteiger charge is 2.36. The van der Waals surface area contributed by atoms with Gasteiger partial charge in [0.05, 0.1) is 19.1 Å². The molecule has 0 amide bonds. The lowest BCUT2D eigenvalue weighted by Crippen LogP contribution is -2.10. The van der Waals surface area contributed by atoms with Gasteiger partial charge in [0, 0.05) is 23.4 Å². The molecule has 0 fully saturated rings. The van der Waals surface area contributed by atoms with Crippen LogP contribution in [0, 0.1) is 10.1 Å². The molecule has 1 aliphatic rings. The maximum absolute atomic E-state index is 12.2. The van der Waals surface area contributed by atoms with E-state index in [4.69, 9.17) is 14.2 Å². The van der Waals surface area contributed by atoms with Gasteiger partial charge in [-0.1, -0.05) is 6.07 Å². The number of ether oxygens (including phenoxy) is 3. The molecule has 2 aromatic carbocycles. The Kier molecular flexibility index (Phi) is 3.95. The number of benzene rings is 2. The van der Waals surface area contributed by atoms with Crippen molar-refractivity contribution in [2.24, 2.45) is 0 Å². The van der Waals surface area contributed by atoms with Crippen LogP contribution in [0.25, 0.3) is 0 Å². The van der Waals surface area contributed by atoms with Crippen LogP contribution in [-0.4, -0.2) is 25.1 Å². The number of esters is 1. The minimum atomic E-state index is -0.769. The van der Waals surface area contributed by atoms with Gasteiger partial charge in [0.1, 0.15) is 5.56 Å². The first kappa shape index (κ1) is 15.6. The summed E-state index contributed by atoms with van der Waals surface area (Å²) < 4.78 is 15.8. The Morgan fingerprint density at radius 2 is 2.00 bits per heavy atom. The minimum Gasteiger partial charge on any atom is -0.493 e. The van der Waals surface area contributed by atoms with Crippen LogP contribution >= 0.6 is 0 Å². The minimum absolute atomic E-state index is 0.0585. The number of nitro benzene ring substituents is 1. The SMILES string of the molecule is COc1ccc2c(c1OC)C(=O)O[C@@H]2Nc1cccc([N+](=O)[O-])c1. The molecule has 0 saturated carbocycles. The van der Waals surface area contributed by atoms with Crippen LogP contribution in [0.3, 0.4) is 0 Å². The molecule has 124 valence electrons. The molecule has 0 unspecified atom stereocenters. The molecule has 8 heteroatoms. The number of nitrogens with one attached hydrogen (secondary N) is 1. The lowest BCUT2D eigenvalue weighted by molar-refractivity contribution is -0.384. The predicted molar refractivity (Wildman–Crippen MR) is 84.4 cm³/mol. The van der Waals surface area contributed by atoms with Crippen molar-refractivity contribution in [1.29, 1.82) is 0 Å². The summed E-state index contributed by atoms with van der Waals surface area (Å²) in [5.74, 6) is 0.163. The number of nitro groups is 1. The molecular formula is C16H14N2O6. The monoisotopic (exact) mass is 330 g/mol. The van der Waals surface area contributed by atoms with Crippen molar-refractivity contribution in [3.05, 3.63) is 57.6 Å². The van der Waals surface area contributed by atoms with Crippen LogP contribution in [0.2, 0.25) is 0 Å². The fourth-order valence-electron chi connectivity index (χ4n) is 2.57. The number of non-ortho nitro benzene ring substituents is 1. The van der Waals surface area contributed by atoms with E-state index < -0.39 is 17.1 Å². The van der Waals surface area contributed by atoms with Gasteiger partial charge >= 0.3 is 5.97 Å². The Labute approximate surface area is 137 Å². The zero-order chi connectivity index (χ0) is 17.3. The Morgan fingerprint density at radius 3 is 2.67 bits per heavy atom. The van der Waals surface area contributed by atoms with E-state index in [-0.39, 0.29) is 11.3 Å². The Hall–Kier alpha value is -3.29. The van der Waals surface area contributed by atoms with Crippen molar-refractivity contribution in [2.45, 2.75) is 6.23 Å². The molecule has 0 saturated heterocycles. The summed E-state index contributed by atoms with van der Waals surface area (Å²) in [5.41, 5.74) is 1.26. The molecule has 0 radical (unpaired) electrons. The van der Waals surface area contributed by atoms with Gasteiger partial charge in [-0.3, -0.25) is 10.1 Å². The summed E-state index contributed by atoms with van der Waals surface area (Å²) in [5, 5.41) is 13.8. The molecule has 0 bridgehead atoms. The van der Waals surface area contributed by atoms with Crippen LogP contribution in [0.1, 0.15) is 22.1 Å². The van der Waals surface area contributed by atoms with E-state index in [2.05, 4.69) is 5.32 Å². The van der Waals surface area contributed by atoms with E-state index in [9.17, 15) is 14.9 Å². The average Bonchev–Trinajstić information content (AvgIpc) is 2.90. The summed E-state index contributed by atoms with van der Waals surface area (Å²) in [6.45, 7) is 0. The first-order valence-electron chi connectivity index (χ1n) is 7.02. The maximum atomic E-state index is 12.2. The zero-order valence-electron chi connectivity index (χ0n) is 12.9. The number of rotatable bonds is 5. The largest absolute Gasteiger partial charge is 0.493 e. The number of carbonyl (C=O) groups is 1. The van der Waals surface area contributed by atoms with Gasteiger partial charge in [-0.25, -0.2) is 4.79 Å². The molecule has 0 spiro atoms. The third-order valence-electron chi connectivity index (χ3n) is 3.64. The highest BCUT2D eigenvalue weighted by atomic mass is 16.6. The van der Waals surface area contributed by atoms with Gasteiger partial charge in [0.25, 0.3) is 5.69 Å². The molecule has 8 nitrogen and oxygen atoms in total. The van der Waals surface area contributed by atoms with Crippen molar-refractivity contribution in [1.82, 2.24) is 0 Å². The average molecular weight is 330 g/mol. The number of anilines is 1. The van der Waals surface area contributed by atoms with Crippen LogP contribution in [-0.2, 0) is 4.74 Å². The molecular weight excluding hydrogens is 316 g/mol. The van der Waals surface area contributed by atoms with Gasteiger partial charge in [-0.05, 0) is 18.2 Å². The standard InChI is InChI=1S/C16H14N2O6/c1-22-12-7-6-11-13(14(12)23-2)16(19)24-15(11)17-9-4-3-5-10(8-9)18(20)21/h3-8,15,17H,1-2H3/t15-/m0/s1. The normalized spacial score (nSPS) is 15.4. The quantitative estimate of drug-likeness (QED) is 0.511. The van der Waals surface area contributed by atoms with Crippen LogP contribution < -0.4 is 14.8 Å². The topological polar surface area (TPSA) is 99.9 Å². The molecule has 1 aliphatic heterocycles. The first-order valence-corrected chi connectivity index (χ1v) is 7.02. The van der Waals surface area contributed by atoms with Crippen molar-refractivity contribution in [2.75, 3.05) is 19.5 Å². The van der Waals surface area contributed by atoms with Crippen molar-refractivity contribution in [3.8, 4) is 11.5 Å². The van der Waals surface area contributed by atoms with Crippen molar-refractivity contribution < 1.29 is 23.9 Å². The van der Waals surface area contributed by atoms with E-state index in [1.165, 1.54) is 26.4 Å². The number of methoxy groups -OCH3 is 2. The number of cyclic esters (lactones) is 1. The fourth-order valence-corrected chi connectivity index (χ4v) is 2.57. The van der Waals surface area contributed by atoms with E-state index in [0.29, 0.717) is 22.7 Å². The number of carbonyl (C=O) groups excluding carboxylic acids is 1. The zero-order valence-corrected chi connectivity index (χ0v) is 12.9. The van der Waals surface area contributed by atoms with E-state index >= 15 is 0 Å². The molecule has 2 aromatic rings. The van der Waals surface area contributed by atoms with E-state index in [1.54, 1.807) is 24.3 Å². The molecule has 1 atom stereocenters. The number of hydrogen-bond acceptors (Lipinski definition) is 7. The van der Waals surface area contributed by atoms with Crippen LogP contribution in [0.15, 0.2) is 36.4 Å². The van der Waals surface area contributed by atoms with Gasteiger partial charge in [0.2, 0.25) is 6.23 Å². The Balaban J connectivity index is 1.95. The van der Waals surface area contributed by atoms with E-state index in [1.807, 2.05) is 0 Å². The molecule has 3 rings (SSSR count). The lowest BCUT2D eigenvalue weighted by Gasteiger charge is -2.15. The third kappa shape index (κ3) is 2.58. The summed E-state index contributed by atoms with van der Waals surface area (Å²) >= 11 is 0. The predicted octanol–water partition coefficient (Wildman–Crippen LogP) is 2.89. The summed E-state index contributed by atoms with van der Waals surface area (Å²) in [6, 6.07) is 9.31. The highest BCUT2D eigenvalue weighted by Crippen LogP contribution is 2.42. The second-order valence-corrected chi connectivity index (χ2v) is 5.00. The third-order valence-corrected chi connectivity index (χ3v) is 3.64. The number of hydrogen-bond donors (Lipinski definition) is 1. The molecule has 0 aliphatic carbocycles. The van der Waals surface area contributed by atoms with E-state index in [0.717, 1.165) is 0 Å². The summed E-state index contributed by atoms with van der Waals surface area (Å²) in [7, 11) is 2.91.